The van der Waals surface area contributed by atoms with E-state index in [1.165, 1.54) is 12.1 Å². The Balaban J connectivity index is 1.40. The number of aromatic amines is 1. The van der Waals surface area contributed by atoms with Crippen LogP contribution in [0.4, 0.5) is 0 Å². The summed E-state index contributed by atoms with van der Waals surface area (Å²) < 4.78 is 32.8. The van der Waals surface area contributed by atoms with Crippen LogP contribution in [0.1, 0.15) is 28.7 Å². The molecule has 2 N–H and O–H groups in total. The summed E-state index contributed by atoms with van der Waals surface area (Å²) >= 11 is 0. The van der Waals surface area contributed by atoms with E-state index in [4.69, 9.17) is 4.74 Å². The third kappa shape index (κ3) is 4.65. The van der Waals surface area contributed by atoms with Crippen LogP contribution in [0.2, 0.25) is 0 Å². The number of carbonyl (C=O) groups excluding carboxylic acids is 1. The number of hydrogen-bond acceptors (Lipinski definition) is 5. The molecule has 9 heteroatoms. The van der Waals surface area contributed by atoms with Crippen molar-refractivity contribution in [1.29, 1.82) is 0 Å². The Labute approximate surface area is 204 Å². The Kier molecular flexibility index (Phi) is 6.04. The van der Waals surface area contributed by atoms with Gasteiger partial charge in [-0.25, -0.2) is 18.1 Å². The van der Waals surface area contributed by atoms with Crippen molar-refractivity contribution in [3.63, 3.8) is 0 Å². The summed E-state index contributed by atoms with van der Waals surface area (Å²) in [6.45, 7) is 5.15. The maximum absolute atomic E-state index is 13.2. The van der Waals surface area contributed by atoms with Gasteiger partial charge in [0, 0.05) is 24.2 Å². The number of carbonyl (C=O) groups is 1. The largest absolute Gasteiger partial charge is 0.491 e. The average molecular weight is 491 g/mol. The molecule has 8 nitrogen and oxygen atoms in total. The van der Waals surface area contributed by atoms with Gasteiger partial charge in [0.15, 0.2) is 0 Å². The van der Waals surface area contributed by atoms with Crippen molar-refractivity contribution in [1.82, 2.24) is 19.6 Å². The van der Waals surface area contributed by atoms with E-state index in [2.05, 4.69) is 26.8 Å². The molecule has 0 atom stereocenters. The van der Waals surface area contributed by atoms with Gasteiger partial charge < -0.3 is 14.6 Å². The van der Waals surface area contributed by atoms with E-state index < -0.39 is 10.0 Å². The summed E-state index contributed by atoms with van der Waals surface area (Å²) in [6, 6.07) is 18.1. The Morgan fingerprint density at radius 1 is 1.09 bits per heavy atom. The van der Waals surface area contributed by atoms with Gasteiger partial charge in [-0.15, -0.1) is 0 Å². The molecule has 0 radical (unpaired) electrons. The number of hydrogen-bond donors (Lipinski definition) is 2. The smallest absolute Gasteiger partial charge is 0.254 e. The van der Waals surface area contributed by atoms with Crippen molar-refractivity contribution in [2.24, 2.45) is 0 Å². The van der Waals surface area contributed by atoms with Crippen LogP contribution in [0, 0.1) is 6.92 Å². The first-order valence-corrected chi connectivity index (χ1v) is 12.9. The van der Waals surface area contributed by atoms with E-state index in [1.807, 2.05) is 31.2 Å². The van der Waals surface area contributed by atoms with Gasteiger partial charge in [0.05, 0.1) is 22.5 Å². The maximum Gasteiger partial charge on any atom is 0.254 e. The first-order valence-electron chi connectivity index (χ1n) is 11.5. The molecule has 0 spiro atoms. The predicted molar refractivity (Wildman–Crippen MR) is 134 cm³/mol. The lowest BCUT2D eigenvalue weighted by atomic mass is 10.0. The number of ether oxygens (including phenoxy) is 1. The van der Waals surface area contributed by atoms with Crippen LogP contribution in [-0.4, -0.2) is 48.9 Å². The highest BCUT2D eigenvalue weighted by atomic mass is 32.2. The zero-order chi connectivity index (χ0) is 24.6. The number of sulfonamides is 1. The van der Waals surface area contributed by atoms with E-state index in [-0.39, 0.29) is 10.8 Å². The van der Waals surface area contributed by atoms with Crippen molar-refractivity contribution in [2.75, 3.05) is 19.7 Å². The quantitative estimate of drug-likeness (QED) is 0.442. The van der Waals surface area contributed by atoms with Crippen molar-refractivity contribution in [2.45, 2.75) is 25.3 Å². The molecule has 0 fully saturated rings. The fraction of sp³-hybridized carbons (Fsp3) is 0.231. The predicted octanol–water partition coefficient (Wildman–Crippen LogP) is 3.87. The van der Waals surface area contributed by atoms with Crippen molar-refractivity contribution >= 4 is 27.0 Å². The van der Waals surface area contributed by atoms with Gasteiger partial charge in [-0.1, -0.05) is 19.1 Å². The number of nitrogens with one attached hydrogen (secondary N) is 2. The lowest BCUT2D eigenvalue weighted by Crippen LogP contribution is -2.32. The highest BCUT2D eigenvalue weighted by Crippen LogP contribution is 2.31. The molecule has 1 aliphatic rings. The van der Waals surface area contributed by atoms with Gasteiger partial charge in [-0.05, 0) is 66.6 Å². The number of nitrogens with zero attached hydrogens (tertiary/aromatic N) is 2. The molecule has 1 aliphatic heterocycles. The molecule has 180 valence electrons. The minimum absolute atomic E-state index is 0.134. The van der Waals surface area contributed by atoms with E-state index >= 15 is 0 Å². The van der Waals surface area contributed by atoms with Crippen LogP contribution < -0.4 is 9.46 Å². The molecule has 1 aromatic heterocycles. The van der Waals surface area contributed by atoms with Crippen molar-refractivity contribution in [3.05, 3.63) is 77.6 Å². The topological polar surface area (TPSA) is 104 Å². The van der Waals surface area contributed by atoms with Crippen LogP contribution >= 0.6 is 0 Å². The normalized spacial score (nSPS) is 13.8. The van der Waals surface area contributed by atoms with E-state index in [0.717, 1.165) is 39.3 Å². The first kappa shape index (κ1) is 23.1. The summed E-state index contributed by atoms with van der Waals surface area (Å²) in [4.78, 5) is 22.8. The number of imidazole rings is 1. The molecule has 0 saturated carbocycles. The second kappa shape index (κ2) is 9.16. The second-order valence-electron chi connectivity index (χ2n) is 8.48. The Hall–Kier alpha value is -3.69. The third-order valence-electron chi connectivity index (χ3n) is 6.01. The molecular formula is C26H26N4O4S. The lowest BCUT2D eigenvalue weighted by molar-refractivity contribution is 0.0733. The molecule has 0 bridgehead atoms. The number of rotatable bonds is 5. The second-order valence-corrected chi connectivity index (χ2v) is 10.2. The summed E-state index contributed by atoms with van der Waals surface area (Å²) in [5.74, 6) is 1.46. The zero-order valence-electron chi connectivity index (χ0n) is 19.5. The third-order valence-corrected chi connectivity index (χ3v) is 7.57. The summed E-state index contributed by atoms with van der Waals surface area (Å²) in [5, 5.41) is 0. The zero-order valence-corrected chi connectivity index (χ0v) is 20.4. The highest BCUT2D eigenvalue weighted by molar-refractivity contribution is 7.89. The Morgan fingerprint density at radius 3 is 2.60 bits per heavy atom. The standard InChI is InChI=1S/C26H26N4O4S/c1-3-27-35(32,33)22-8-4-18(5-9-22)26(31)30-12-13-34-25-11-7-19(14-21(25)16-30)20-6-10-23-24(15-20)29-17(2)28-23/h4-11,14-15,27H,3,12-13,16H2,1-2H3,(H,28,29). The molecule has 0 aliphatic carbocycles. The molecule has 5 rings (SSSR count). The number of aromatic nitrogens is 2. The molecule has 0 unspecified atom stereocenters. The van der Waals surface area contributed by atoms with Gasteiger partial charge in [-0.2, -0.15) is 0 Å². The molecule has 2 heterocycles. The van der Waals surface area contributed by atoms with Gasteiger partial charge in [0.1, 0.15) is 18.2 Å². The van der Waals surface area contributed by atoms with E-state index in [0.29, 0.717) is 31.8 Å². The molecule has 3 aromatic carbocycles. The SMILES string of the molecule is CCNS(=O)(=O)c1ccc(C(=O)N2CCOc3ccc(-c4ccc5nc(C)[nH]c5c4)cc3C2)cc1. The molecule has 1 amide bonds. The lowest BCUT2D eigenvalue weighted by Gasteiger charge is -2.20. The summed E-state index contributed by atoms with van der Waals surface area (Å²) in [5.41, 5.74) is 5.31. The van der Waals surface area contributed by atoms with Crippen LogP contribution in [0.15, 0.2) is 65.6 Å². The van der Waals surface area contributed by atoms with E-state index in [9.17, 15) is 13.2 Å². The Bertz CT molecular complexity index is 1510. The fourth-order valence-electron chi connectivity index (χ4n) is 4.30. The van der Waals surface area contributed by atoms with Gasteiger partial charge in [0.2, 0.25) is 10.0 Å². The molecule has 4 aromatic rings. The van der Waals surface area contributed by atoms with Gasteiger partial charge >= 0.3 is 0 Å². The Morgan fingerprint density at radius 2 is 1.83 bits per heavy atom. The highest BCUT2D eigenvalue weighted by Gasteiger charge is 2.22. The average Bonchev–Trinajstić information content (AvgIpc) is 3.09. The van der Waals surface area contributed by atoms with Crippen molar-refractivity contribution < 1.29 is 17.9 Å². The van der Waals surface area contributed by atoms with Gasteiger partial charge in [0.25, 0.3) is 5.91 Å². The number of benzene rings is 3. The summed E-state index contributed by atoms with van der Waals surface area (Å²) in [6.07, 6.45) is 0. The minimum Gasteiger partial charge on any atom is -0.491 e. The van der Waals surface area contributed by atoms with Crippen LogP contribution in [-0.2, 0) is 16.6 Å². The number of amides is 1. The monoisotopic (exact) mass is 490 g/mol. The van der Waals surface area contributed by atoms with Crippen LogP contribution in [0.3, 0.4) is 0 Å². The van der Waals surface area contributed by atoms with Gasteiger partial charge in [-0.3, -0.25) is 4.79 Å². The summed E-state index contributed by atoms with van der Waals surface area (Å²) in [7, 11) is -3.57. The number of fused-ring (bicyclic) bond motifs is 2. The fourth-order valence-corrected chi connectivity index (χ4v) is 5.34. The number of H-pyrrole nitrogens is 1. The molecule has 35 heavy (non-hydrogen) atoms. The molecule has 0 saturated heterocycles. The van der Waals surface area contributed by atoms with Crippen LogP contribution in [0.5, 0.6) is 5.75 Å². The van der Waals surface area contributed by atoms with Crippen molar-refractivity contribution in [3.8, 4) is 16.9 Å². The van der Waals surface area contributed by atoms with Crippen LogP contribution in [0.25, 0.3) is 22.2 Å². The maximum atomic E-state index is 13.2. The number of aryl methyl sites for hydroxylation is 1. The first-order chi connectivity index (χ1) is 16.8. The molecular weight excluding hydrogens is 464 g/mol. The minimum atomic E-state index is -3.57. The van der Waals surface area contributed by atoms with E-state index in [1.54, 1.807) is 24.0 Å².